The molecule has 88 valence electrons. The normalized spacial score (nSPS) is 16.6. The Bertz CT molecular complexity index is 673. The minimum absolute atomic E-state index is 0.0842. The minimum atomic E-state index is -0.0842. The molecule has 0 radical (unpaired) electrons. The van der Waals surface area contributed by atoms with E-state index in [1.54, 1.807) is 0 Å². The quantitative estimate of drug-likeness (QED) is 0.675. The Morgan fingerprint density at radius 1 is 1.17 bits per heavy atom. The van der Waals surface area contributed by atoms with Gasteiger partial charge in [0.25, 0.3) is 0 Å². The maximum atomic E-state index is 9.31. The largest absolute Gasteiger partial charge is 0.198 e. The molecule has 0 bridgehead atoms. The zero-order valence-corrected chi connectivity index (χ0v) is 11.8. The summed E-state index contributed by atoms with van der Waals surface area (Å²) in [4.78, 5) is 0. The van der Waals surface area contributed by atoms with E-state index in [4.69, 9.17) is 11.6 Å². The van der Waals surface area contributed by atoms with Crippen LogP contribution in [0.2, 0.25) is 5.02 Å². The number of nitrogens with zero attached hydrogens (tertiary/aromatic N) is 1. The number of benzene rings is 2. The van der Waals surface area contributed by atoms with Crippen LogP contribution in [0.15, 0.2) is 40.9 Å². The lowest BCUT2D eigenvalue weighted by molar-refractivity contribution is 0.836. The SMILES string of the molecule is N#CC1Cc2cc(Cl)ccc2-c2cc(Br)ccc21. The summed E-state index contributed by atoms with van der Waals surface area (Å²) < 4.78 is 1.03. The van der Waals surface area contributed by atoms with Gasteiger partial charge in [-0.2, -0.15) is 5.26 Å². The molecular formula is C15H9BrClN. The third-order valence-corrected chi connectivity index (χ3v) is 4.06. The maximum Gasteiger partial charge on any atom is 0.0759 e. The molecule has 1 aliphatic carbocycles. The average Bonchev–Trinajstić information content (AvgIpc) is 2.37. The molecule has 1 nitrogen and oxygen atoms in total. The van der Waals surface area contributed by atoms with Crippen LogP contribution in [0, 0.1) is 11.3 Å². The van der Waals surface area contributed by atoms with Crippen LogP contribution in [0.5, 0.6) is 0 Å². The third kappa shape index (κ3) is 1.84. The summed E-state index contributed by atoms with van der Waals surface area (Å²) >= 11 is 9.52. The topological polar surface area (TPSA) is 23.8 Å². The predicted molar refractivity (Wildman–Crippen MR) is 76.6 cm³/mol. The number of fused-ring (bicyclic) bond motifs is 3. The molecule has 2 aromatic rings. The van der Waals surface area contributed by atoms with Crippen molar-refractivity contribution in [3.05, 3.63) is 57.0 Å². The van der Waals surface area contributed by atoms with E-state index in [1.165, 1.54) is 5.56 Å². The van der Waals surface area contributed by atoms with Crippen molar-refractivity contribution in [1.29, 1.82) is 5.26 Å². The molecule has 0 saturated heterocycles. The van der Waals surface area contributed by atoms with E-state index in [9.17, 15) is 5.26 Å². The van der Waals surface area contributed by atoms with Crippen molar-refractivity contribution < 1.29 is 0 Å². The first-order valence-electron chi connectivity index (χ1n) is 5.67. The fraction of sp³-hybridized carbons (Fsp3) is 0.133. The number of halogens is 2. The molecule has 0 aromatic heterocycles. The third-order valence-electron chi connectivity index (χ3n) is 3.33. The Kier molecular flexibility index (Phi) is 2.89. The molecule has 0 amide bonds. The summed E-state index contributed by atoms with van der Waals surface area (Å²) in [7, 11) is 0. The Morgan fingerprint density at radius 3 is 2.78 bits per heavy atom. The Labute approximate surface area is 119 Å². The Balaban J connectivity index is 2.29. The summed E-state index contributed by atoms with van der Waals surface area (Å²) in [5.74, 6) is -0.0842. The van der Waals surface area contributed by atoms with Crippen LogP contribution in [0.3, 0.4) is 0 Å². The zero-order chi connectivity index (χ0) is 12.7. The molecule has 0 saturated carbocycles. The van der Waals surface area contributed by atoms with Crippen LogP contribution in [-0.4, -0.2) is 0 Å². The van der Waals surface area contributed by atoms with Gasteiger partial charge < -0.3 is 0 Å². The Morgan fingerprint density at radius 2 is 2.00 bits per heavy atom. The van der Waals surface area contributed by atoms with Gasteiger partial charge in [-0.25, -0.2) is 0 Å². The van der Waals surface area contributed by atoms with Gasteiger partial charge in [0.2, 0.25) is 0 Å². The second-order valence-electron chi connectivity index (χ2n) is 4.42. The molecule has 3 heteroatoms. The summed E-state index contributed by atoms with van der Waals surface area (Å²) in [5, 5.41) is 10.0. The Hall–Kier alpha value is -1.30. The van der Waals surface area contributed by atoms with Crippen LogP contribution in [0.1, 0.15) is 17.0 Å². The summed E-state index contributed by atoms with van der Waals surface area (Å²) in [5.41, 5.74) is 4.58. The van der Waals surface area contributed by atoms with Crippen molar-refractivity contribution in [3.8, 4) is 17.2 Å². The second kappa shape index (κ2) is 4.42. The van der Waals surface area contributed by atoms with Crippen LogP contribution >= 0.6 is 27.5 Å². The molecule has 1 unspecified atom stereocenters. The van der Waals surface area contributed by atoms with E-state index in [0.717, 1.165) is 32.6 Å². The summed E-state index contributed by atoms with van der Waals surface area (Å²) in [6, 6.07) is 14.4. The van der Waals surface area contributed by atoms with Crippen molar-refractivity contribution in [1.82, 2.24) is 0 Å². The van der Waals surface area contributed by atoms with Crippen LogP contribution in [0.25, 0.3) is 11.1 Å². The number of rotatable bonds is 0. The van der Waals surface area contributed by atoms with Gasteiger partial charge in [0.15, 0.2) is 0 Å². The number of nitriles is 1. The van der Waals surface area contributed by atoms with E-state index in [0.29, 0.717) is 0 Å². The van der Waals surface area contributed by atoms with Crippen LogP contribution in [0.4, 0.5) is 0 Å². The number of hydrogen-bond acceptors (Lipinski definition) is 1. The molecule has 0 spiro atoms. The van der Waals surface area contributed by atoms with Crippen molar-refractivity contribution in [2.75, 3.05) is 0 Å². The lowest BCUT2D eigenvalue weighted by atomic mass is 9.79. The number of hydrogen-bond donors (Lipinski definition) is 0. The van der Waals surface area contributed by atoms with Crippen molar-refractivity contribution in [3.63, 3.8) is 0 Å². The molecule has 0 fully saturated rings. The predicted octanol–water partition coefficient (Wildman–Crippen LogP) is 4.93. The van der Waals surface area contributed by atoms with E-state index in [1.807, 2.05) is 30.3 Å². The van der Waals surface area contributed by atoms with Gasteiger partial charge in [-0.3, -0.25) is 0 Å². The highest BCUT2D eigenvalue weighted by Gasteiger charge is 2.24. The monoisotopic (exact) mass is 317 g/mol. The highest BCUT2D eigenvalue weighted by molar-refractivity contribution is 9.10. The standard InChI is InChI=1S/C15H9BrClN/c16-11-1-3-14-10(8-18)5-9-6-12(17)2-4-13(9)15(14)7-11/h1-4,6-7,10H,5H2. The smallest absolute Gasteiger partial charge is 0.0759 e. The molecule has 0 heterocycles. The first kappa shape index (κ1) is 11.8. The minimum Gasteiger partial charge on any atom is -0.198 e. The van der Waals surface area contributed by atoms with E-state index < -0.39 is 0 Å². The lowest BCUT2D eigenvalue weighted by Crippen LogP contribution is -2.09. The fourth-order valence-electron chi connectivity index (χ4n) is 2.50. The van der Waals surface area contributed by atoms with Crippen LogP contribution < -0.4 is 0 Å². The molecule has 1 atom stereocenters. The van der Waals surface area contributed by atoms with Gasteiger partial charge in [-0.05, 0) is 52.9 Å². The van der Waals surface area contributed by atoms with E-state index in [2.05, 4.69) is 28.1 Å². The van der Waals surface area contributed by atoms with E-state index in [-0.39, 0.29) is 5.92 Å². The highest BCUT2D eigenvalue weighted by atomic mass is 79.9. The van der Waals surface area contributed by atoms with Gasteiger partial charge >= 0.3 is 0 Å². The van der Waals surface area contributed by atoms with Gasteiger partial charge in [0.05, 0.1) is 12.0 Å². The molecule has 0 N–H and O–H groups in total. The average molecular weight is 319 g/mol. The first-order chi connectivity index (χ1) is 8.69. The summed E-state index contributed by atoms with van der Waals surface area (Å²) in [6.45, 7) is 0. The lowest BCUT2D eigenvalue weighted by Gasteiger charge is -2.24. The van der Waals surface area contributed by atoms with E-state index >= 15 is 0 Å². The van der Waals surface area contributed by atoms with Crippen LogP contribution in [-0.2, 0) is 6.42 Å². The van der Waals surface area contributed by atoms with Gasteiger partial charge in [0.1, 0.15) is 0 Å². The van der Waals surface area contributed by atoms with Gasteiger partial charge in [-0.1, -0.05) is 39.7 Å². The molecule has 3 rings (SSSR count). The molecule has 1 aliphatic rings. The zero-order valence-electron chi connectivity index (χ0n) is 9.45. The highest BCUT2D eigenvalue weighted by Crippen LogP contribution is 2.41. The first-order valence-corrected chi connectivity index (χ1v) is 6.84. The molecule has 0 aliphatic heterocycles. The maximum absolute atomic E-state index is 9.31. The molecular weight excluding hydrogens is 310 g/mol. The fourth-order valence-corrected chi connectivity index (χ4v) is 3.06. The summed E-state index contributed by atoms with van der Waals surface area (Å²) in [6.07, 6.45) is 0.737. The second-order valence-corrected chi connectivity index (χ2v) is 5.77. The molecule has 18 heavy (non-hydrogen) atoms. The van der Waals surface area contributed by atoms with Crippen molar-refractivity contribution in [2.24, 2.45) is 0 Å². The van der Waals surface area contributed by atoms with Crippen molar-refractivity contribution in [2.45, 2.75) is 12.3 Å². The molecule has 2 aromatic carbocycles. The van der Waals surface area contributed by atoms with Gasteiger partial charge in [0, 0.05) is 9.50 Å². The van der Waals surface area contributed by atoms with Gasteiger partial charge in [-0.15, -0.1) is 0 Å². The van der Waals surface area contributed by atoms with Crippen molar-refractivity contribution >= 4 is 27.5 Å².